The number of carbonyl (C=O) groups excluding carboxylic acids is 1. The number of aldehydes is 1. The van der Waals surface area contributed by atoms with Crippen LogP contribution in [-0.4, -0.2) is 11.3 Å². The predicted molar refractivity (Wildman–Crippen MR) is 64.5 cm³/mol. The number of hydrogen-bond acceptors (Lipinski definition) is 2. The monoisotopic (exact) mass is 229 g/mol. The molecule has 17 heavy (non-hydrogen) atoms. The van der Waals surface area contributed by atoms with E-state index < -0.39 is 0 Å². The highest BCUT2D eigenvalue weighted by atomic mass is 19.1. The summed E-state index contributed by atoms with van der Waals surface area (Å²) in [7, 11) is 0. The first-order valence-corrected chi connectivity index (χ1v) is 5.29. The van der Waals surface area contributed by atoms with E-state index in [4.69, 9.17) is 0 Å². The first-order chi connectivity index (χ1) is 8.11. The fourth-order valence-corrected chi connectivity index (χ4v) is 1.94. The molecule has 2 aromatic rings. The first kappa shape index (κ1) is 11.5. The summed E-state index contributed by atoms with van der Waals surface area (Å²) in [5.41, 5.74) is 3.30. The maximum absolute atomic E-state index is 13.9. The van der Waals surface area contributed by atoms with Crippen molar-refractivity contribution < 1.29 is 9.18 Å². The Bertz CT molecular complexity index is 555. The van der Waals surface area contributed by atoms with Crippen molar-refractivity contribution in [2.45, 2.75) is 13.8 Å². The number of pyridine rings is 1. The Morgan fingerprint density at radius 2 is 1.94 bits per heavy atom. The molecule has 0 unspecified atom stereocenters. The summed E-state index contributed by atoms with van der Waals surface area (Å²) in [4.78, 5) is 14.6. The molecule has 0 N–H and O–H groups in total. The van der Waals surface area contributed by atoms with Crippen molar-refractivity contribution in [2.75, 3.05) is 0 Å². The predicted octanol–water partition coefficient (Wildman–Crippen LogP) is 3.32. The highest BCUT2D eigenvalue weighted by Gasteiger charge is 2.10. The zero-order valence-corrected chi connectivity index (χ0v) is 9.70. The maximum atomic E-state index is 13.9. The first-order valence-electron chi connectivity index (χ1n) is 5.29. The van der Waals surface area contributed by atoms with E-state index in [-0.39, 0.29) is 5.82 Å². The smallest absolute Gasteiger partial charge is 0.151 e. The Balaban J connectivity index is 2.63. The van der Waals surface area contributed by atoms with Crippen LogP contribution >= 0.6 is 0 Å². The van der Waals surface area contributed by atoms with Crippen molar-refractivity contribution in [1.29, 1.82) is 0 Å². The molecule has 1 aromatic heterocycles. The number of halogens is 1. The maximum Gasteiger partial charge on any atom is 0.151 e. The molecule has 0 aliphatic rings. The summed E-state index contributed by atoms with van der Waals surface area (Å²) in [5, 5.41) is 0. The molecule has 0 aliphatic heterocycles. The number of rotatable bonds is 2. The van der Waals surface area contributed by atoms with Crippen LogP contribution in [0.4, 0.5) is 4.39 Å². The molecule has 0 saturated heterocycles. The van der Waals surface area contributed by atoms with Crippen LogP contribution < -0.4 is 0 Å². The average Bonchev–Trinajstić information content (AvgIpc) is 2.28. The van der Waals surface area contributed by atoms with Gasteiger partial charge in [-0.2, -0.15) is 0 Å². The van der Waals surface area contributed by atoms with Crippen LogP contribution in [0.25, 0.3) is 11.1 Å². The van der Waals surface area contributed by atoms with Crippen molar-refractivity contribution in [3.05, 3.63) is 53.1 Å². The van der Waals surface area contributed by atoms with Crippen LogP contribution in [-0.2, 0) is 0 Å². The van der Waals surface area contributed by atoms with Crippen LogP contribution in [0.1, 0.15) is 21.5 Å². The molecule has 0 aliphatic carbocycles. The number of carbonyl (C=O) groups is 1. The van der Waals surface area contributed by atoms with Gasteiger partial charge in [-0.1, -0.05) is 6.07 Å². The summed E-state index contributed by atoms with van der Waals surface area (Å²) in [6.45, 7) is 3.69. The molecule has 3 heteroatoms. The second-order valence-corrected chi connectivity index (χ2v) is 4.06. The summed E-state index contributed by atoms with van der Waals surface area (Å²) < 4.78 is 13.9. The second kappa shape index (κ2) is 4.45. The van der Waals surface area contributed by atoms with Gasteiger partial charge < -0.3 is 0 Å². The lowest BCUT2D eigenvalue weighted by Crippen LogP contribution is -1.93. The van der Waals surface area contributed by atoms with Crippen LogP contribution in [0.3, 0.4) is 0 Å². The van der Waals surface area contributed by atoms with Gasteiger partial charge in [-0.05, 0) is 37.1 Å². The number of nitrogens with zero attached hydrogens (tertiary/aromatic N) is 1. The molecule has 0 spiro atoms. The normalized spacial score (nSPS) is 10.3. The molecule has 0 bridgehead atoms. The fraction of sp³-hybridized carbons (Fsp3) is 0.143. The highest BCUT2D eigenvalue weighted by molar-refractivity contribution is 5.78. The lowest BCUT2D eigenvalue weighted by molar-refractivity contribution is 0.112. The van der Waals surface area contributed by atoms with Gasteiger partial charge in [0, 0.05) is 29.1 Å². The Morgan fingerprint density at radius 1 is 1.18 bits per heavy atom. The zero-order chi connectivity index (χ0) is 12.4. The van der Waals surface area contributed by atoms with E-state index in [1.54, 1.807) is 12.3 Å². The lowest BCUT2D eigenvalue weighted by atomic mass is 9.98. The van der Waals surface area contributed by atoms with Gasteiger partial charge in [0.15, 0.2) is 6.29 Å². The van der Waals surface area contributed by atoms with Crippen molar-refractivity contribution >= 4 is 6.29 Å². The zero-order valence-electron chi connectivity index (χ0n) is 9.70. The molecule has 0 radical (unpaired) electrons. The number of hydrogen-bond donors (Lipinski definition) is 0. The summed E-state index contributed by atoms with van der Waals surface area (Å²) in [6, 6.07) is 5.03. The Labute approximate surface area is 99.1 Å². The van der Waals surface area contributed by atoms with Gasteiger partial charge in [0.05, 0.1) is 0 Å². The largest absolute Gasteiger partial charge is 0.298 e. The van der Waals surface area contributed by atoms with Gasteiger partial charge in [-0.25, -0.2) is 4.39 Å². The van der Waals surface area contributed by atoms with Crippen LogP contribution in [0.2, 0.25) is 0 Å². The Kier molecular flexibility index (Phi) is 3.00. The van der Waals surface area contributed by atoms with E-state index in [0.29, 0.717) is 23.0 Å². The molecule has 86 valence electrons. The van der Waals surface area contributed by atoms with Gasteiger partial charge in [-0.15, -0.1) is 0 Å². The number of aryl methyl sites for hydroxylation is 2. The summed E-state index contributed by atoms with van der Waals surface area (Å²) >= 11 is 0. The second-order valence-electron chi connectivity index (χ2n) is 4.06. The summed E-state index contributed by atoms with van der Waals surface area (Å²) in [5.74, 6) is -0.285. The molecular weight excluding hydrogens is 217 g/mol. The minimum Gasteiger partial charge on any atom is -0.298 e. The van der Waals surface area contributed by atoms with E-state index >= 15 is 0 Å². The molecular formula is C14H12FNO. The quantitative estimate of drug-likeness (QED) is 0.739. The van der Waals surface area contributed by atoms with E-state index in [2.05, 4.69) is 4.98 Å². The number of aromatic nitrogens is 1. The van der Waals surface area contributed by atoms with Crippen molar-refractivity contribution in [3.8, 4) is 11.1 Å². The molecule has 0 amide bonds. The Morgan fingerprint density at radius 3 is 2.59 bits per heavy atom. The Hall–Kier alpha value is -2.03. The number of benzene rings is 1. The highest BCUT2D eigenvalue weighted by Crippen LogP contribution is 2.27. The van der Waals surface area contributed by atoms with E-state index in [1.165, 1.54) is 12.3 Å². The molecule has 2 nitrogen and oxygen atoms in total. The SMILES string of the molecule is Cc1cc(C)c(-c2cncc(C=O)c2)c(F)c1. The molecule has 0 fully saturated rings. The van der Waals surface area contributed by atoms with E-state index in [1.807, 2.05) is 19.9 Å². The average molecular weight is 229 g/mol. The molecule has 1 heterocycles. The standard InChI is InChI=1S/C14H12FNO/c1-9-3-10(2)14(13(15)4-9)12-5-11(8-17)6-16-7-12/h3-8H,1-2H3. The van der Waals surface area contributed by atoms with E-state index in [9.17, 15) is 9.18 Å². The molecule has 2 rings (SSSR count). The van der Waals surface area contributed by atoms with Crippen LogP contribution in [0, 0.1) is 19.7 Å². The van der Waals surface area contributed by atoms with Gasteiger partial charge in [0.1, 0.15) is 5.82 Å². The third-order valence-corrected chi connectivity index (χ3v) is 2.62. The fourth-order valence-electron chi connectivity index (χ4n) is 1.94. The van der Waals surface area contributed by atoms with Gasteiger partial charge in [-0.3, -0.25) is 9.78 Å². The minimum atomic E-state index is -0.285. The topological polar surface area (TPSA) is 30.0 Å². The van der Waals surface area contributed by atoms with Gasteiger partial charge in [0.2, 0.25) is 0 Å². The summed E-state index contributed by atoms with van der Waals surface area (Å²) in [6.07, 6.45) is 3.73. The van der Waals surface area contributed by atoms with Crippen molar-refractivity contribution in [2.24, 2.45) is 0 Å². The van der Waals surface area contributed by atoms with Crippen LogP contribution in [0.5, 0.6) is 0 Å². The van der Waals surface area contributed by atoms with Crippen molar-refractivity contribution in [1.82, 2.24) is 4.98 Å². The molecule has 1 aromatic carbocycles. The lowest BCUT2D eigenvalue weighted by Gasteiger charge is -2.09. The third-order valence-electron chi connectivity index (χ3n) is 2.62. The van der Waals surface area contributed by atoms with E-state index in [0.717, 1.165) is 11.1 Å². The van der Waals surface area contributed by atoms with Crippen molar-refractivity contribution in [3.63, 3.8) is 0 Å². The van der Waals surface area contributed by atoms with Crippen LogP contribution in [0.15, 0.2) is 30.6 Å². The van der Waals surface area contributed by atoms with Gasteiger partial charge in [0.25, 0.3) is 0 Å². The minimum absolute atomic E-state index is 0.285. The van der Waals surface area contributed by atoms with Gasteiger partial charge >= 0.3 is 0 Å². The molecule has 0 saturated carbocycles. The molecule has 0 atom stereocenters. The third kappa shape index (κ3) is 2.23.